The lowest BCUT2D eigenvalue weighted by Crippen LogP contribution is -2.28. The molecule has 1 fully saturated rings. The molecule has 2 aromatic rings. The van der Waals surface area contributed by atoms with Gasteiger partial charge in [-0.25, -0.2) is 9.19 Å². The Balaban J connectivity index is 1.40. The largest absolute Gasteiger partial charge is 0.489 e. The lowest BCUT2D eigenvalue weighted by molar-refractivity contribution is 0.158. The van der Waals surface area contributed by atoms with Crippen LogP contribution in [-0.2, 0) is 18.1 Å². The molecule has 2 unspecified atom stereocenters. The van der Waals surface area contributed by atoms with E-state index in [2.05, 4.69) is 11.1 Å². The van der Waals surface area contributed by atoms with Gasteiger partial charge in [0.1, 0.15) is 18.2 Å². The van der Waals surface area contributed by atoms with E-state index < -0.39 is 11.1 Å². The molecule has 5 nitrogen and oxygen atoms in total. The highest BCUT2D eigenvalue weighted by Crippen LogP contribution is 2.47. The maximum atomic E-state index is 11.5. The zero-order chi connectivity index (χ0) is 21.0. The number of aryl methyl sites for hydroxylation is 1. The van der Waals surface area contributed by atoms with Crippen LogP contribution in [0.4, 0.5) is 0 Å². The quantitative estimate of drug-likeness (QED) is 0.485. The van der Waals surface area contributed by atoms with Crippen molar-refractivity contribution >= 4 is 11.1 Å². The molecule has 0 radical (unpaired) electrons. The number of imidazole rings is 1. The fraction of sp³-hybridized carbons (Fsp3) is 0.542. The van der Waals surface area contributed by atoms with Gasteiger partial charge in [-0.1, -0.05) is 37.5 Å². The Morgan fingerprint density at radius 1 is 1.20 bits per heavy atom. The van der Waals surface area contributed by atoms with E-state index in [9.17, 15) is 8.76 Å². The standard InChI is InChI=1S/C24H32N2O3S/c1-26-15-14-25-23(26)22(18-30(27)28)20-7-9-21(10-8-20)29-17-19-6-5-13-24(16-19)11-3-2-4-12-24/h6-10,14-15,22H,2-5,11-13,16-18H2,1H3,(H,27,28). The van der Waals surface area contributed by atoms with E-state index in [-0.39, 0.29) is 11.7 Å². The highest BCUT2D eigenvalue weighted by molar-refractivity contribution is 7.79. The number of nitrogens with zero attached hydrogens (tertiary/aromatic N) is 2. The summed E-state index contributed by atoms with van der Waals surface area (Å²) >= 11 is -1.90. The summed E-state index contributed by atoms with van der Waals surface area (Å²) in [7, 11) is 1.91. The van der Waals surface area contributed by atoms with Crippen LogP contribution < -0.4 is 4.74 Å². The van der Waals surface area contributed by atoms with Gasteiger partial charge in [0.2, 0.25) is 0 Å². The van der Waals surface area contributed by atoms with E-state index in [0.29, 0.717) is 12.0 Å². The molecule has 0 aliphatic heterocycles. The average molecular weight is 429 g/mol. The molecule has 30 heavy (non-hydrogen) atoms. The van der Waals surface area contributed by atoms with Gasteiger partial charge < -0.3 is 13.9 Å². The van der Waals surface area contributed by atoms with E-state index in [4.69, 9.17) is 4.74 Å². The second kappa shape index (κ2) is 9.48. The molecule has 0 amide bonds. The van der Waals surface area contributed by atoms with Crippen LogP contribution in [-0.4, -0.2) is 30.7 Å². The molecule has 1 saturated carbocycles. The molecule has 2 atom stereocenters. The molecule has 1 N–H and O–H groups in total. The third kappa shape index (κ3) is 5.03. The highest BCUT2D eigenvalue weighted by atomic mass is 32.2. The number of allylic oxidation sites excluding steroid dienone is 1. The minimum absolute atomic E-state index is 0.125. The molecule has 1 heterocycles. The Bertz CT molecular complexity index is 897. The topological polar surface area (TPSA) is 64.4 Å². The van der Waals surface area contributed by atoms with Gasteiger partial charge in [-0.3, -0.25) is 0 Å². The molecule has 1 spiro atoms. The summed E-state index contributed by atoms with van der Waals surface area (Å²) in [5.74, 6) is 1.53. The van der Waals surface area contributed by atoms with Crippen molar-refractivity contribution in [2.75, 3.05) is 12.4 Å². The summed E-state index contributed by atoms with van der Waals surface area (Å²) in [5.41, 5.74) is 2.94. The Morgan fingerprint density at radius 3 is 2.63 bits per heavy atom. The Kier molecular flexibility index (Phi) is 6.74. The lowest BCUT2D eigenvalue weighted by atomic mass is 9.65. The molecule has 1 aromatic heterocycles. The van der Waals surface area contributed by atoms with Crippen LogP contribution in [0.2, 0.25) is 0 Å². The third-order valence-electron chi connectivity index (χ3n) is 6.81. The summed E-state index contributed by atoms with van der Waals surface area (Å²) in [6.07, 6.45) is 16.6. The van der Waals surface area contributed by atoms with Crippen molar-refractivity contribution in [3.63, 3.8) is 0 Å². The Hall–Kier alpha value is -1.92. The van der Waals surface area contributed by atoms with Gasteiger partial charge in [0.15, 0.2) is 11.1 Å². The van der Waals surface area contributed by atoms with E-state index in [0.717, 1.165) is 17.1 Å². The summed E-state index contributed by atoms with van der Waals surface area (Å²) in [6, 6.07) is 7.90. The van der Waals surface area contributed by atoms with Crippen molar-refractivity contribution in [2.45, 2.75) is 57.3 Å². The summed E-state index contributed by atoms with van der Waals surface area (Å²) in [6.45, 7) is 0.657. The molecule has 2 aliphatic rings. The van der Waals surface area contributed by atoms with Gasteiger partial charge in [0.25, 0.3) is 0 Å². The average Bonchev–Trinajstić information content (AvgIpc) is 3.17. The number of benzene rings is 1. The Morgan fingerprint density at radius 2 is 1.97 bits per heavy atom. The van der Waals surface area contributed by atoms with E-state index in [1.165, 1.54) is 56.9 Å². The smallest absolute Gasteiger partial charge is 0.153 e. The number of aromatic nitrogens is 2. The first-order valence-electron chi connectivity index (χ1n) is 11.0. The summed E-state index contributed by atoms with van der Waals surface area (Å²) in [5, 5.41) is 0. The predicted octanol–water partition coefficient (Wildman–Crippen LogP) is 5.21. The molecule has 1 aromatic carbocycles. The van der Waals surface area contributed by atoms with Crippen LogP contribution in [0, 0.1) is 5.41 Å². The van der Waals surface area contributed by atoms with Crippen molar-refractivity contribution in [1.82, 2.24) is 9.55 Å². The fourth-order valence-corrected chi connectivity index (χ4v) is 5.84. The van der Waals surface area contributed by atoms with Gasteiger partial charge >= 0.3 is 0 Å². The molecule has 0 bridgehead atoms. The van der Waals surface area contributed by atoms with Crippen LogP contribution in [0.15, 0.2) is 48.3 Å². The summed E-state index contributed by atoms with van der Waals surface area (Å²) in [4.78, 5) is 4.39. The first kappa shape index (κ1) is 21.3. The molecular weight excluding hydrogens is 396 g/mol. The predicted molar refractivity (Wildman–Crippen MR) is 120 cm³/mol. The molecule has 6 heteroatoms. The van der Waals surface area contributed by atoms with E-state index >= 15 is 0 Å². The van der Waals surface area contributed by atoms with E-state index in [1.807, 2.05) is 42.1 Å². The molecule has 162 valence electrons. The van der Waals surface area contributed by atoms with Gasteiger partial charge in [0.05, 0.1) is 11.7 Å². The van der Waals surface area contributed by atoms with Gasteiger partial charge in [-0.2, -0.15) is 0 Å². The number of hydrogen-bond acceptors (Lipinski definition) is 3. The SMILES string of the molecule is Cn1ccnc1C(CS(=O)O)c1ccc(OCC2=CCCC3(CCCCC3)C2)cc1. The Labute approximate surface area is 181 Å². The number of rotatable bonds is 7. The van der Waals surface area contributed by atoms with E-state index in [1.54, 1.807) is 6.20 Å². The van der Waals surface area contributed by atoms with Crippen molar-refractivity contribution in [2.24, 2.45) is 12.5 Å². The fourth-order valence-electron chi connectivity index (χ4n) is 5.21. The zero-order valence-corrected chi connectivity index (χ0v) is 18.6. The minimum Gasteiger partial charge on any atom is -0.489 e. The first-order chi connectivity index (χ1) is 14.5. The van der Waals surface area contributed by atoms with Crippen LogP contribution in [0.5, 0.6) is 5.75 Å². The second-order valence-corrected chi connectivity index (χ2v) is 9.91. The van der Waals surface area contributed by atoms with Gasteiger partial charge in [-0.15, -0.1) is 0 Å². The van der Waals surface area contributed by atoms with Crippen molar-refractivity contribution < 1.29 is 13.5 Å². The van der Waals surface area contributed by atoms with Gasteiger partial charge in [-0.05, 0) is 60.8 Å². The minimum atomic E-state index is -1.90. The molecular formula is C24H32N2O3S. The first-order valence-corrected chi connectivity index (χ1v) is 12.3. The second-order valence-electron chi connectivity index (χ2n) is 8.93. The normalized spacial score (nSPS) is 20.5. The van der Waals surface area contributed by atoms with Crippen molar-refractivity contribution in [1.29, 1.82) is 0 Å². The molecule has 0 saturated heterocycles. The third-order valence-corrected chi connectivity index (χ3v) is 7.43. The maximum Gasteiger partial charge on any atom is 0.153 e. The van der Waals surface area contributed by atoms with Crippen LogP contribution in [0.3, 0.4) is 0 Å². The molecule has 2 aliphatic carbocycles. The lowest BCUT2D eigenvalue weighted by Gasteiger charge is -2.40. The summed E-state index contributed by atoms with van der Waals surface area (Å²) < 4.78 is 29.0. The number of hydrogen-bond donors (Lipinski definition) is 1. The maximum absolute atomic E-state index is 11.5. The van der Waals surface area contributed by atoms with Crippen molar-refractivity contribution in [3.8, 4) is 5.75 Å². The van der Waals surface area contributed by atoms with Crippen LogP contribution in [0.1, 0.15) is 68.7 Å². The van der Waals surface area contributed by atoms with Crippen molar-refractivity contribution in [3.05, 3.63) is 59.7 Å². The van der Waals surface area contributed by atoms with Crippen LogP contribution >= 0.6 is 0 Å². The number of ether oxygens (including phenoxy) is 1. The monoisotopic (exact) mass is 428 g/mol. The zero-order valence-electron chi connectivity index (χ0n) is 17.8. The highest BCUT2D eigenvalue weighted by Gasteiger charge is 2.34. The van der Waals surface area contributed by atoms with Crippen LogP contribution in [0.25, 0.3) is 0 Å². The van der Waals surface area contributed by atoms with Gasteiger partial charge in [0, 0.05) is 19.4 Å². The molecule has 4 rings (SSSR count).